The zero-order chi connectivity index (χ0) is 21.8. The highest BCUT2D eigenvalue weighted by Gasteiger charge is 2.35. The third-order valence-corrected chi connectivity index (χ3v) is 5.58. The van der Waals surface area contributed by atoms with E-state index in [0.29, 0.717) is 22.4 Å². The van der Waals surface area contributed by atoms with E-state index in [1.807, 2.05) is 0 Å². The van der Waals surface area contributed by atoms with E-state index in [2.05, 4.69) is 0 Å². The smallest absolute Gasteiger partial charge is 0.293 e. The molecule has 3 aromatic rings. The van der Waals surface area contributed by atoms with E-state index in [1.54, 1.807) is 48.5 Å². The third-order valence-electron chi connectivity index (χ3n) is 4.67. The predicted octanol–water partition coefficient (Wildman–Crippen LogP) is 5.78. The Labute approximate surface area is 182 Å². The summed E-state index contributed by atoms with van der Waals surface area (Å²) in [6, 6.07) is 19.0. The van der Waals surface area contributed by atoms with E-state index in [4.69, 9.17) is 4.74 Å². The molecule has 1 heterocycles. The number of hydrogen-bond donors (Lipinski definition) is 0. The van der Waals surface area contributed by atoms with Crippen molar-refractivity contribution in [2.75, 3.05) is 0 Å². The summed E-state index contributed by atoms with van der Waals surface area (Å²) in [5.41, 5.74) is 1.67. The van der Waals surface area contributed by atoms with Crippen LogP contribution in [0.1, 0.15) is 16.7 Å². The average molecular weight is 437 g/mol. The van der Waals surface area contributed by atoms with Crippen LogP contribution in [0.15, 0.2) is 77.7 Å². The van der Waals surface area contributed by atoms with Gasteiger partial charge in [0.15, 0.2) is 0 Å². The molecule has 31 heavy (non-hydrogen) atoms. The normalized spacial score (nSPS) is 15.0. The van der Waals surface area contributed by atoms with Crippen LogP contribution in [0, 0.1) is 11.6 Å². The van der Waals surface area contributed by atoms with Crippen LogP contribution in [0.5, 0.6) is 5.75 Å². The number of halogens is 2. The van der Waals surface area contributed by atoms with Gasteiger partial charge in [0, 0.05) is 11.1 Å². The summed E-state index contributed by atoms with van der Waals surface area (Å²) in [6.07, 6.45) is 1.59. The zero-order valence-electron chi connectivity index (χ0n) is 16.3. The number of amides is 2. The molecular weight excluding hydrogens is 420 g/mol. The molecule has 0 aromatic heterocycles. The van der Waals surface area contributed by atoms with E-state index < -0.39 is 11.1 Å². The standard InChI is InChI=1S/C24H17F2NO3S/c25-19-11-9-16(10-12-19)14-27-23(28)22(31-24(27)29)13-17-5-2-4-8-21(17)30-15-18-6-1-3-7-20(18)26/h1-13H,14-15H2/b22-13+. The lowest BCUT2D eigenvalue weighted by Gasteiger charge is -2.12. The molecule has 2 amide bonds. The number of nitrogens with zero attached hydrogens (tertiary/aromatic N) is 1. The number of rotatable bonds is 6. The van der Waals surface area contributed by atoms with Gasteiger partial charge in [-0.1, -0.05) is 48.5 Å². The second kappa shape index (κ2) is 9.14. The van der Waals surface area contributed by atoms with Gasteiger partial charge in [-0.3, -0.25) is 14.5 Å². The van der Waals surface area contributed by atoms with Crippen molar-refractivity contribution < 1.29 is 23.1 Å². The van der Waals surface area contributed by atoms with Crippen molar-refractivity contribution in [3.63, 3.8) is 0 Å². The lowest BCUT2D eigenvalue weighted by atomic mass is 10.1. The van der Waals surface area contributed by atoms with E-state index in [1.165, 1.54) is 30.3 Å². The maximum Gasteiger partial charge on any atom is 0.293 e. The molecule has 1 fully saturated rings. The Morgan fingerprint density at radius 2 is 1.61 bits per heavy atom. The SMILES string of the molecule is O=C1S/C(=C/c2ccccc2OCc2ccccc2F)C(=O)N1Cc1ccc(F)cc1. The van der Waals surface area contributed by atoms with Gasteiger partial charge in [0.2, 0.25) is 0 Å². The molecule has 0 bridgehead atoms. The van der Waals surface area contributed by atoms with Gasteiger partial charge in [0.25, 0.3) is 11.1 Å². The highest BCUT2D eigenvalue weighted by atomic mass is 32.2. The van der Waals surface area contributed by atoms with Crippen LogP contribution in [-0.2, 0) is 17.9 Å². The van der Waals surface area contributed by atoms with Gasteiger partial charge in [-0.05, 0) is 47.7 Å². The Kier molecular flexibility index (Phi) is 6.13. The van der Waals surface area contributed by atoms with Crippen LogP contribution < -0.4 is 4.74 Å². The summed E-state index contributed by atoms with van der Waals surface area (Å²) >= 11 is 0.834. The maximum atomic E-state index is 13.9. The lowest BCUT2D eigenvalue weighted by molar-refractivity contribution is -0.123. The first-order valence-electron chi connectivity index (χ1n) is 9.46. The van der Waals surface area contributed by atoms with Crippen molar-refractivity contribution in [2.45, 2.75) is 13.2 Å². The third kappa shape index (κ3) is 4.83. The van der Waals surface area contributed by atoms with Crippen molar-refractivity contribution in [1.82, 2.24) is 4.90 Å². The van der Waals surface area contributed by atoms with Crippen LogP contribution in [0.2, 0.25) is 0 Å². The molecule has 0 saturated carbocycles. The molecule has 1 aliphatic heterocycles. The van der Waals surface area contributed by atoms with Crippen molar-refractivity contribution >= 4 is 29.0 Å². The summed E-state index contributed by atoms with van der Waals surface area (Å²) in [5, 5.41) is -0.398. The molecule has 0 atom stereocenters. The van der Waals surface area contributed by atoms with Gasteiger partial charge in [0.1, 0.15) is 24.0 Å². The minimum atomic E-state index is -0.428. The minimum Gasteiger partial charge on any atom is -0.488 e. The van der Waals surface area contributed by atoms with E-state index in [-0.39, 0.29) is 29.7 Å². The van der Waals surface area contributed by atoms with Gasteiger partial charge in [0.05, 0.1) is 11.4 Å². The first-order chi connectivity index (χ1) is 15.0. The van der Waals surface area contributed by atoms with Gasteiger partial charge in [-0.25, -0.2) is 8.78 Å². The second-order valence-electron chi connectivity index (χ2n) is 6.81. The molecule has 4 nitrogen and oxygen atoms in total. The molecular formula is C24H17F2NO3S. The van der Waals surface area contributed by atoms with Crippen LogP contribution in [0.25, 0.3) is 6.08 Å². The molecule has 0 spiro atoms. The number of benzene rings is 3. The molecule has 1 aliphatic rings. The molecule has 3 aromatic carbocycles. The Bertz CT molecular complexity index is 1160. The van der Waals surface area contributed by atoms with E-state index in [9.17, 15) is 18.4 Å². The highest BCUT2D eigenvalue weighted by molar-refractivity contribution is 8.18. The number of ether oxygens (including phenoxy) is 1. The molecule has 0 radical (unpaired) electrons. The average Bonchev–Trinajstić information content (AvgIpc) is 3.03. The minimum absolute atomic E-state index is 0.0313. The predicted molar refractivity (Wildman–Crippen MR) is 115 cm³/mol. The zero-order valence-corrected chi connectivity index (χ0v) is 17.1. The van der Waals surface area contributed by atoms with Crippen molar-refractivity contribution in [3.8, 4) is 5.75 Å². The molecule has 7 heteroatoms. The summed E-state index contributed by atoms with van der Waals surface area (Å²) in [5.74, 6) is -0.703. The van der Waals surface area contributed by atoms with Gasteiger partial charge >= 0.3 is 0 Å². The molecule has 1 saturated heterocycles. The number of carbonyl (C=O) groups is 2. The van der Waals surface area contributed by atoms with Gasteiger partial charge < -0.3 is 4.74 Å². The first kappa shape index (κ1) is 20.8. The molecule has 0 aliphatic carbocycles. The number of imide groups is 1. The van der Waals surface area contributed by atoms with Crippen LogP contribution in [0.4, 0.5) is 13.6 Å². The second-order valence-corrected chi connectivity index (χ2v) is 7.81. The van der Waals surface area contributed by atoms with Crippen molar-refractivity contribution in [3.05, 3.63) is 106 Å². The number of para-hydroxylation sites is 1. The van der Waals surface area contributed by atoms with Crippen LogP contribution >= 0.6 is 11.8 Å². The quantitative estimate of drug-likeness (QED) is 0.459. The van der Waals surface area contributed by atoms with Crippen molar-refractivity contribution in [2.24, 2.45) is 0 Å². The van der Waals surface area contributed by atoms with Crippen molar-refractivity contribution in [1.29, 1.82) is 0 Å². The van der Waals surface area contributed by atoms with E-state index in [0.717, 1.165) is 16.7 Å². The number of hydrogen-bond acceptors (Lipinski definition) is 4. The highest BCUT2D eigenvalue weighted by Crippen LogP contribution is 2.35. The molecule has 156 valence electrons. The first-order valence-corrected chi connectivity index (χ1v) is 10.3. The monoisotopic (exact) mass is 437 g/mol. The Balaban J connectivity index is 1.52. The van der Waals surface area contributed by atoms with Crippen LogP contribution in [0.3, 0.4) is 0 Å². The van der Waals surface area contributed by atoms with Crippen LogP contribution in [-0.4, -0.2) is 16.0 Å². The number of carbonyl (C=O) groups excluding carboxylic acids is 2. The Hall–Kier alpha value is -3.45. The molecule has 4 rings (SSSR count). The topological polar surface area (TPSA) is 46.6 Å². The summed E-state index contributed by atoms with van der Waals surface area (Å²) < 4.78 is 32.7. The summed E-state index contributed by atoms with van der Waals surface area (Å²) in [6.45, 7) is 0.0945. The fourth-order valence-electron chi connectivity index (χ4n) is 3.05. The molecule has 0 unspecified atom stereocenters. The fourth-order valence-corrected chi connectivity index (χ4v) is 3.88. The van der Waals surface area contributed by atoms with Gasteiger partial charge in [-0.15, -0.1) is 0 Å². The maximum absolute atomic E-state index is 13.9. The van der Waals surface area contributed by atoms with Gasteiger partial charge in [-0.2, -0.15) is 0 Å². The summed E-state index contributed by atoms with van der Waals surface area (Å²) in [7, 11) is 0. The number of thioether (sulfide) groups is 1. The largest absolute Gasteiger partial charge is 0.488 e. The summed E-state index contributed by atoms with van der Waals surface area (Å²) in [4.78, 5) is 26.5. The van der Waals surface area contributed by atoms with E-state index >= 15 is 0 Å². The Morgan fingerprint density at radius 3 is 2.39 bits per heavy atom. The lowest BCUT2D eigenvalue weighted by Crippen LogP contribution is -2.27. The Morgan fingerprint density at radius 1 is 0.903 bits per heavy atom. The molecule has 0 N–H and O–H groups in total. The fraction of sp³-hybridized carbons (Fsp3) is 0.0833.